The number of hydrogen-bond donors (Lipinski definition) is 1. The second kappa shape index (κ2) is 8.27. The molecule has 0 saturated carbocycles. The van der Waals surface area contributed by atoms with Crippen molar-refractivity contribution >= 4 is 38.8 Å². The highest BCUT2D eigenvalue weighted by Crippen LogP contribution is 2.17. The van der Waals surface area contributed by atoms with Gasteiger partial charge in [0, 0.05) is 22.7 Å². The van der Waals surface area contributed by atoms with Crippen molar-refractivity contribution in [2.24, 2.45) is 0 Å². The molecule has 0 atom stereocenters. The summed E-state index contributed by atoms with van der Waals surface area (Å²) in [4.78, 5) is 23.5. The molecule has 2 aromatic carbocycles. The van der Waals surface area contributed by atoms with E-state index in [9.17, 15) is 18.0 Å². The van der Waals surface area contributed by atoms with Gasteiger partial charge in [-0.3, -0.25) is 9.59 Å². The molecule has 0 radical (unpaired) electrons. The summed E-state index contributed by atoms with van der Waals surface area (Å²) in [7, 11) is -3.45. The lowest BCUT2D eigenvalue weighted by Gasteiger charge is -2.07. The molecule has 0 heterocycles. The summed E-state index contributed by atoms with van der Waals surface area (Å²) in [5.74, 6) is -0.521. The highest BCUT2D eigenvalue weighted by atomic mass is 35.5. The zero-order valence-corrected chi connectivity index (χ0v) is 15.2. The molecular formula is C18H18ClNO4S. The lowest BCUT2D eigenvalue weighted by Crippen LogP contribution is -2.14. The number of rotatable bonds is 7. The van der Waals surface area contributed by atoms with E-state index < -0.39 is 9.84 Å². The van der Waals surface area contributed by atoms with E-state index in [0.29, 0.717) is 16.3 Å². The number of sulfone groups is 1. The van der Waals surface area contributed by atoms with E-state index in [1.165, 1.54) is 31.2 Å². The van der Waals surface area contributed by atoms with Crippen LogP contribution in [0.25, 0.3) is 0 Å². The molecule has 1 amide bonds. The number of nitrogens with one attached hydrogen (secondary N) is 1. The molecule has 0 spiro atoms. The predicted octanol–water partition coefficient (Wildman–Crippen LogP) is 3.74. The number of halogens is 1. The van der Waals surface area contributed by atoms with Crippen LogP contribution in [0.5, 0.6) is 0 Å². The fourth-order valence-corrected chi connectivity index (χ4v) is 3.66. The van der Waals surface area contributed by atoms with Gasteiger partial charge in [-0.2, -0.15) is 0 Å². The number of ketones is 1. The predicted molar refractivity (Wildman–Crippen MR) is 97.8 cm³/mol. The fourth-order valence-electron chi connectivity index (χ4n) is 2.22. The molecule has 25 heavy (non-hydrogen) atoms. The summed E-state index contributed by atoms with van der Waals surface area (Å²) < 4.78 is 24.4. The quantitative estimate of drug-likeness (QED) is 0.743. The summed E-state index contributed by atoms with van der Waals surface area (Å²) in [5.41, 5.74) is 1.02. The van der Waals surface area contributed by atoms with Crippen LogP contribution in [-0.2, 0) is 14.6 Å². The molecule has 1 N–H and O–H groups in total. The zero-order chi connectivity index (χ0) is 18.4. The first-order valence-electron chi connectivity index (χ1n) is 7.67. The van der Waals surface area contributed by atoms with Crippen LogP contribution in [0, 0.1) is 0 Å². The van der Waals surface area contributed by atoms with E-state index in [4.69, 9.17) is 11.6 Å². The maximum absolute atomic E-state index is 12.2. The minimum Gasteiger partial charge on any atom is -0.326 e. The molecule has 0 aliphatic rings. The van der Waals surface area contributed by atoms with Crippen LogP contribution in [0.3, 0.4) is 0 Å². The van der Waals surface area contributed by atoms with Gasteiger partial charge >= 0.3 is 0 Å². The zero-order valence-electron chi connectivity index (χ0n) is 13.7. The van der Waals surface area contributed by atoms with Crippen LogP contribution in [0.1, 0.15) is 30.1 Å². The molecule has 0 aromatic heterocycles. The largest absolute Gasteiger partial charge is 0.326 e. The summed E-state index contributed by atoms with van der Waals surface area (Å²) in [6.07, 6.45) is 0.264. The van der Waals surface area contributed by atoms with E-state index in [1.807, 2.05) is 0 Å². The van der Waals surface area contributed by atoms with Crippen molar-refractivity contribution in [3.8, 4) is 0 Å². The molecule has 0 fully saturated rings. The van der Waals surface area contributed by atoms with Crippen molar-refractivity contribution in [1.82, 2.24) is 0 Å². The minimum atomic E-state index is -3.45. The minimum absolute atomic E-state index is 0.0666. The molecule has 2 aromatic rings. The number of carbonyl (C=O) groups is 2. The molecule has 5 nitrogen and oxygen atoms in total. The number of benzene rings is 2. The lowest BCUT2D eigenvalue weighted by molar-refractivity contribution is -0.116. The fraction of sp³-hybridized carbons (Fsp3) is 0.222. The van der Waals surface area contributed by atoms with Crippen LogP contribution in [0.15, 0.2) is 53.4 Å². The van der Waals surface area contributed by atoms with Crippen molar-refractivity contribution in [2.45, 2.75) is 24.7 Å². The Kier molecular flexibility index (Phi) is 6.33. The van der Waals surface area contributed by atoms with Crippen LogP contribution < -0.4 is 5.32 Å². The van der Waals surface area contributed by atoms with E-state index in [1.54, 1.807) is 24.3 Å². The summed E-state index contributed by atoms with van der Waals surface area (Å²) in [6.45, 7) is 1.45. The van der Waals surface area contributed by atoms with E-state index in [-0.39, 0.29) is 35.2 Å². The normalized spacial score (nSPS) is 11.1. The van der Waals surface area contributed by atoms with Gasteiger partial charge in [-0.15, -0.1) is 0 Å². The van der Waals surface area contributed by atoms with Crippen LogP contribution in [-0.4, -0.2) is 25.9 Å². The summed E-state index contributed by atoms with van der Waals surface area (Å²) in [6, 6.07) is 12.5. The van der Waals surface area contributed by atoms with Crippen molar-refractivity contribution in [3.05, 3.63) is 59.1 Å². The van der Waals surface area contributed by atoms with Gasteiger partial charge < -0.3 is 5.32 Å². The maximum atomic E-state index is 12.2. The average Bonchev–Trinajstić information content (AvgIpc) is 2.55. The third-order valence-electron chi connectivity index (χ3n) is 3.54. The number of carbonyl (C=O) groups excluding carboxylic acids is 2. The average molecular weight is 380 g/mol. The first kappa shape index (κ1) is 19.1. The Hall–Kier alpha value is -2.18. The molecule has 7 heteroatoms. The highest BCUT2D eigenvalue weighted by Gasteiger charge is 2.15. The molecule has 0 saturated heterocycles. The van der Waals surface area contributed by atoms with Gasteiger partial charge in [0.1, 0.15) is 0 Å². The van der Waals surface area contributed by atoms with Gasteiger partial charge in [0.25, 0.3) is 0 Å². The third kappa shape index (κ3) is 5.69. The summed E-state index contributed by atoms with van der Waals surface area (Å²) in [5, 5.41) is 3.13. The standard InChI is InChI=1S/C18H18ClNO4S/c1-13(21)14-4-2-5-16(12-14)20-18(22)6-3-11-25(23,24)17-9-7-15(19)8-10-17/h2,4-5,7-10,12H,3,6,11H2,1H3,(H,20,22). The lowest BCUT2D eigenvalue weighted by atomic mass is 10.1. The second-order valence-electron chi connectivity index (χ2n) is 5.56. The second-order valence-corrected chi connectivity index (χ2v) is 8.11. The van der Waals surface area contributed by atoms with Gasteiger partial charge in [-0.25, -0.2) is 8.42 Å². The van der Waals surface area contributed by atoms with E-state index in [2.05, 4.69) is 5.32 Å². The maximum Gasteiger partial charge on any atom is 0.224 e. The molecular weight excluding hydrogens is 362 g/mol. The van der Waals surface area contributed by atoms with Gasteiger partial charge in [-0.1, -0.05) is 23.7 Å². The Bertz CT molecular complexity index is 876. The first-order chi connectivity index (χ1) is 11.8. The molecule has 2 rings (SSSR count). The van der Waals surface area contributed by atoms with Crippen molar-refractivity contribution in [3.63, 3.8) is 0 Å². The molecule has 0 bridgehead atoms. The molecule has 0 aliphatic carbocycles. The monoisotopic (exact) mass is 379 g/mol. The van der Waals surface area contributed by atoms with Crippen LogP contribution in [0.2, 0.25) is 5.02 Å². The van der Waals surface area contributed by atoms with Crippen molar-refractivity contribution < 1.29 is 18.0 Å². The van der Waals surface area contributed by atoms with E-state index in [0.717, 1.165) is 0 Å². The van der Waals surface area contributed by atoms with Crippen LogP contribution >= 0.6 is 11.6 Å². The number of anilines is 1. The van der Waals surface area contributed by atoms with E-state index >= 15 is 0 Å². The Morgan fingerprint density at radius 3 is 2.40 bits per heavy atom. The number of Topliss-reactive ketones (excluding diaryl/α,β-unsaturated/α-hetero) is 1. The molecule has 132 valence electrons. The Labute approximate surface area is 151 Å². The van der Waals surface area contributed by atoms with Gasteiger partial charge in [0.15, 0.2) is 15.6 Å². The van der Waals surface area contributed by atoms with Gasteiger partial charge in [0.05, 0.1) is 10.6 Å². The smallest absolute Gasteiger partial charge is 0.224 e. The Balaban J connectivity index is 1.89. The molecule has 0 aliphatic heterocycles. The first-order valence-corrected chi connectivity index (χ1v) is 9.70. The Morgan fingerprint density at radius 1 is 1.08 bits per heavy atom. The summed E-state index contributed by atoms with van der Waals surface area (Å²) >= 11 is 5.75. The van der Waals surface area contributed by atoms with Crippen LogP contribution in [0.4, 0.5) is 5.69 Å². The highest BCUT2D eigenvalue weighted by molar-refractivity contribution is 7.91. The number of amides is 1. The van der Waals surface area contributed by atoms with Gasteiger partial charge in [-0.05, 0) is 49.7 Å². The topological polar surface area (TPSA) is 80.3 Å². The van der Waals surface area contributed by atoms with Crippen molar-refractivity contribution in [1.29, 1.82) is 0 Å². The van der Waals surface area contributed by atoms with Crippen molar-refractivity contribution in [2.75, 3.05) is 11.1 Å². The number of hydrogen-bond acceptors (Lipinski definition) is 4. The Morgan fingerprint density at radius 2 is 1.76 bits per heavy atom. The molecule has 0 unspecified atom stereocenters. The SMILES string of the molecule is CC(=O)c1cccc(NC(=O)CCCS(=O)(=O)c2ccc(Cl)cc2)c1. The third-order valence-corrected chi connectivity index (χ3v) is 5.61. The van der Waals surface area contributed by atoms with Gasteiger partial charge in [0.2, 0.25) is 5.91 Å².